The number of aliphatic hydroxyl groups excluding tert-OH is 1. The summed E-state index contributed by atoms with van der Waals surface area (Å²) >= 11 is 0. The Hall–Kier alpha value is -0.570. The van der Waals surface area contributed by atoms with Gasteiger partial charge in [0.1, 0.15) is 0 Å². The van der Waals surface area contributed by atoms with Crippen LogP contribution in [0.1, 0.15) is 11.1 Å². The zero-order valence-electron chi connectivity index (χ0n) is 7.36. The normalized spacial score (nSPS) is 20.2. The summed E-state index contributed by atoms with van der Waals surface area (Å²) in [7, 11) is 0. The summed E-state index contributed by atoms with van der Waals surface area (Å²) in [4.78, 5) is 0. The van der Waals surface area contributed by atoms with Gasteiger partial charge in [0.2, 0.25) is 0 Å². The van der Waals surface area contributed by atoms with Crippen LogP contribution in [0, 0.1) is 0 Å². The summed E-state index contributed by atoms with van der Waals surface area (Å²) in [6, 6.07) is 8.63. The number of fused-ring (bicyclic) bond motifs is 1. The molecule has 13 heavy (non-hydrogen) atoms. The molecule has 72 valence electrons. The van der Waals surface area contributed by atoms with Gasteiger partial charge < -0.3 is 10.4 Å². The van der Waals surface area contributed by atoms with Crippen molar-refractivity contribution in [1.82, 2.24) is 5.32 Å². The lowest BCUT2D eigenvalue weighted by Gasteiger charge is -2.24. The minimum atomic E-state index is 0. The zero-order valence-corrected chi connectivity index (χ0v) is 8.18. The Labute approximate surface area is 84.4 Å². The highest BCUT2D eigenvalue weighted by atomic mass is 35.5. The van der Waals surface area contributed by atoms with Crippen molar-refractivity contribution in [3.8, 4) is 0 Å². The van der Waals surface area contributed by atoms with Crippen molar-refractivity contribution in [3.63, 3.8) is 0 Å². The topological polar surface area (TPSA) is 32.3 Å². The lowest BCUT2D eigenvalue weighted by molar-refractivity contribution is 0.236. The van der Waals surface area contributed by atoms with Crippen LogP contribution < -0.4 is 5.32 Å². The first-order chi connectivity index (χ1) is 5.90. The van der Waals surface area contributed by atoms with Crippen LogP contribution in [0.4, 0.5) is 0 Å². The summed E-state index contributed by atoms with van der Waals surface area (Å²) in [5.74, 6) is 0. The van der Waals surface area contributed by atoms with Crippen LogP contribution in [-0.4, -0.2) is 17.8 Å². The molecule has 1 aliphatic heterocycles. The molecule has 3 heteroatoms. The summed E-state index contributed by atoms with van der Waals surface area (Å²) in [5, 5.41) is 12.2. The van der Waals surface area contributed by atoms with Crippen LogP contribution >= 0.6 is 12.4 Å². The largest absolute Gasteiger partial charge is 0.395 e. The number of benzene rings is 1. The summed E-state index contributed by atoms with van der Waals surface area (Å²) < 4.78 is 0. The van der Waals surface area contributed by atoms with Crippen LogP contribution in [0.2, 0.25) is 0 Å². The lowest BCUT2D eigenvalue weighted by Crippen LogP contribution is -2.38. The SMILES string of the molecule is Cl.OC[C@@H]1Cc2ccccc2CN1. The van der Waals surface area contributed by atoms with E-state index in [0.717, 1.165) is 13.0 Å². The van der Waals surface area contributed by atoms with Crippen LogP contribution in [0.5, 0.6) is 0 Å². The molecule has 1 atom stereocenters. The van der Waals surface area contributed by atoms with Gasteiger partial charge >= 0.3 is 0 Å². The summed E-state index contributed by atoms with van der Waals surface area (Å²) in [6.07, 6.45) is 0.951. The number of hydrogen-bond acceptors (Lipinski definition) is 2. The Morgan fingerprint density at radius 3 is 2.69 bits per heavy atom. The standard InChI is InChI=1S/C10H13NO.ClH/c12-7-10-5-8-3-1-2-4-9(8)6-11-10;/h1-4,10-12H,5-7H2;1H/t10-;/m0./s1. The van der Waals surface area contributed by atoms with Gasteiger partial charge in [0.15, 0.2) is 0 Å². The highest BCUT2D eigenvalue weighted by Crippen LogP contribution is 2.15. The van der Waals surface area contributed by atoms with E-state index in [1.807, 2.05) is 0 Å². The van der Waals surface area contributed by atoms with Crippen LogP contribution in [0.25, 0.3) is 0 Å². The molecule has 1 aromatic carbocycles. The predicted octanol–water partition coefficient (Wildman–Crippen LogP) is 1.11. The first kappa shape index (κ1) is 10.5. The van der Waals surface area contributed by atoms with Gasteiger partial charge in [-0.3, -0.25) is 0 Å². The second kappa shape index (κ2) is 4.61. The molecule has 0 aliphatic carbocycles. The molecular formula is C10H14ClNO. The van der Waals surface area contributed by atoms with Crippen molar-refractivity contribution in [2.24, 2.45) is 0 Å². The van der Waals surface area contributed by atoms with Crippen LogP contribution in [0.15, 0.2) is 24.3 Å². The molecule has 0 saturated carbocycles. The zero-order chi connectivity index (χ0) is 8.39. The molecular weight excluding hydrogens is 186 g/mol. The number of aliphatic hydroxyl groups is 1. The van der Waals surface area contributed by atoms with Gasteiger partial charge in [-0.25, -0.2) is 0 Å². The van der Waals surface area contributed by atoms with Crippen molar-refractivity contribution in [1.29, 1.82) is 0 Å². The van der Waals surface area contributed by atoms with Gasteiger partial charge in [-0.1, -0.05) is 24.3 Å². The fourth-order valence-corrected chi connectivity index (χ4v) is 1.65. The summed E-state index contributed by atoms with van der Waals surface area (Å²) in [5.41, 5.74) is 2.73. The van der Waals surface area contributed by atoms with Gasteiger partial charge in [-0.05, 0) is 17.5 Å². The maximum atomic E-state index is 8.95. The molecule has 2 N–H and O–H groups in total. The minimum Gasteiger partial charge on any atom is -0.395 e. The molecule has 1 aromatic rings. The molecule has 2 rings (SSSR count). The molecule has 0 radical (unpaired) electrons. The van der Waals surface area contributed by atoms with Crippen LogP contribution in [0.3, 0.4) is 0 Å². The van der Waals surface area contributed by atoms with E-state index in [-0.39, 0.29) is 25.1 Å². The molecule has 0 spiro atoms. The Morgan fingerprint density at radius 2 is 2.00 bits per heavy atom. The Bertz CT molecular complexity index is 277. The van der Waals surface area contributed by atoms with E-state index in [4.69, 9.17) is 5.11 Å². The quantitative estimate of drug-likeness (QED) is 0.711. The van der Waals surface area contributed by atoms with Crippen LogP contribution in [-0.2, 0) is 13.0 Å². The van der Waals surface area contributed by atoms with Gasteiger partial charge in [-0.2, -0.15) is 0 Å². The average Bonchev–Trinajstić information content (AvgIpc) is 2.17. The maximum absolute atomic E-state index is 8.95. The van der Waals surface area contributed by atoms with Crippen molar-refractivity contribution < 1.29 is 5.11 Å². The van der Waals surface area contributed by atoms with Gasteiger partial charge in [-0.15, -0.1) is 12.4 Å². The fraction of sp³-hybridized carbons (Fsp3) is 0.400. The third kappa shape index (κ3) is 2.21. The predicted molar refractivity (Wildman–Crippen MR) is 55.1 cm³/mol. The summed E-state index contributed by atoms with van der Waals surface area (Å²) in [6.45, 7) is 1.12. The molecule has 1 aliphatic rings. The number of rotatable bonds is 1. The van der Waals surface area contributed by atoms with Crippen molar-refractivity contribution >= 4 is 12.4 Å². The molecule has 0 aromatic heterocycles. The average molecular weight is 200 g/mol. The third-order valence-electron chi connectivity index (χ3n) is 2.39. The van der Waals surface area contributed by atoms with E-state index in [0.29, 0.717) is 0 Å². The molecule has 0 fully saturated rings. The number of halogens is 1. The molecule has 0 unspecified atom stereocenters. The van der Waals surface area contributed by atoms with E-state index in [9.17, 15) is 0 Å². The number of hydrogen-bond donors (Lipinski definition) is 2. The smallest absolute Gasteiger partial charge is 0.0587 e. The first-order valence-corrected chi connectivity index (χ1v) is 4.31. The fourth-order valence-electron chi connectivity index (χ4n) is 1.65. The minimum absolute atomic E-state index is 0. The molecule has 2 nitrogen and oxygen atoms in total. The molecule has 0 saturated heterocycles. The third-order valence-corrected chi connectivity index (χ3v) is 2.39. The monoisotopic (exact) mass is 199 g/mol. The number of nitrogens with one attached hydrogen (secondary N) is 1. The Kier molecular flexibility index (Phi) is 3.72. The Balaban J connectivity index is 0.000000845. The van der Waals surface area contributed by atoms with Crippen molar-refractivity contribution in [3.05, 3.63) is 35.4 Å². The second-order valence-electron chi connectivity index (χ2n) is 3.23. The van der Waals surface area contributed by atoms with Gasteiger partial charge in [0.05, 0.1) is 6.61 Å². The van der Waals surface area contributed by atoms with Gasteiger partial charge in [0, 0.05) is 12.6 Å². The van der Waals surface area contributed by atoms with Gasteiger partial charge in [0.25, 0.3) is 0 Å². The molecule has 1 heterocycles. The van der Waals surface area contributed by atoms with E-state index in [1.165, 1.54) is 11.1 Å². The molecule has 0 bridgehead atoms. The van der Waals surface area contributed by atoms with E-state index in [1.54, 1.807) is 0 Å². The highest BCUT2D eigenvalue weighted by molar-refractivity contribution is 5.85. The first-order valence-electron chi connectivity index (χ1n) is 4.31. The van der Waals surface area contributed by atoms with E-state index in [2.05, 4.69) is 29.6 Å². The van der Waals surface area contributed by atoms with E-state index < -0.39 is 0 Å². The highest BCUT2D eigenvalue weighted by Gasteiger charge is 2.15. The second-order valence-corrected chi connectivity index (χ2v) is 3.23. The van der Waals surface area contributed by atoms with E-state index >= 15 is 0 Å². The Morgan fingerprint density at radius 1 is 1.31 bits per heavy atom. The lowest BCUT2D eigenvalue weighted by atomic mass is 9.96. The molecule has 0 amide bonds. The maximum Gasteiger partial charge on any atom is 0.0587 e. The van der Waals surface area contributed by atoms with Crippen molar-refractivity contribution in [2.75, 3.05) is 6.61 Å². The van der Waals surface area contributed by atoms with Crippen molar-refractivity contribution in [2.45, 2.75) is 19.0 Å².